The van der Waals surface area contributed by atoms with Gasteiger partial charge in [0, 0.05) is 24.7 Å². The molecule has 0 spiro atoms. The van der Waals surface area contributed by atoms with Crippen molar-refractivity contribution in [3.63, 3.8) is 0 Å². The maximum Gasteiger partial charge on any atom is 0.191 e. The van der Waals surface area contributed by atoms with Crippen molar-refractivity contribution in [1.82, 2.24) is 15.6 Å². The van der Waals surface area contributed by atoms with Crippen molar-refractivity contribution >= 4 is 17.3 Å². The Balaban J connectivity index is 1.49. The largest absolute Gasteiger partial charge is 0.489 e. The SMILES string of the molecule is CN=C(NCc1cccc(COc2ccccc2)c1)NCc1ncc(C)s1. The molecule has 140 valence electrons. The fraction of sp³-hybridized carbons (Fsp3) is 0.238. The lowest BCUT2D eigenvalue weighted by Gasteiger charge is -2.12. The van der Waals surface area contributed by atoms with E-state index in [1.807, 2.05) is 36.5 Å². The van der Waals surface area contributed by atoms with E-state index in [0.717, 1.165) is 22.3 Å². The van der Waals surface area contributed by atoms with Gasteiger partial charge in [-0.1, -0.05) is 42.5 Å². The number of rotatable bonds is 7. The maximum absolute atomic E-state index is 5.82. The fourth-order valence-corrected chi connectivity index (χ4v) is 3.29. The van der Waals surface area contributed by atoms with E-state index in [-0.39, 0.29) is 0 Å². The molecule has 0 bridgehead atoms. The lowest BCUT2D eigenvalue weighted by atomic mass is 10.1. The third-order valence-electron chi connectivity index (χ3n) is 3.90. The van der Waals surface area contributed by atoms with Gasteiger partial charge in [0.2, 0.25) is 0 Å². The number of aromatic nitrogens is 1. The van der Waals surface area contributed by atoms with Crippen LogP contribution in [0, 0.1) is 6.92 Å². The quantitative estimate of drug-likeness (QED) is 0.482. The molecule has 0 amide bonds. The molecule has 2 aromatic carbocycles. The molecule has 5 nitrogen and oxygen atoms in total. The van der Waals surface area contributed by atoms with Crippen LogP contribution in [-0.2, 0) is 19.7 Å². The van der Waals surface area contributed by atoms with Crippen LogP contribution in [0.1, 0.15) is 21.0 Å². The molecule has 1 aromatic heterocycles. The molecule has 0 saturated carbocycles. The van der Waals surface area contributed by atoms with E-state index in [0.29, 0.717) is 19.7 Å². The van der Waals surface area contributed by atoms with Gasteiger partial charge >= 0.3 is 0 Å². The average Bonchev–Trinajstić information content (AvgIpc) is 3.13. The number of nitrogens with zero attached hydrogens (tertiary/aromatic N) is 2. The van der Waals surface area contributed by atoms with E-state index >= 15 is 0 Å². The number of hydrogen-bond donors (Lipinski definition) is 2. The van der Waals surface area contributed by atoms with E-state index < -0.39 is 0 Å². The minimum absolute atomic E-state index is 0.550. The number of para-hydroxylation sites is 1. The summed E-state index contributed by atoms with van der Waals surface area (Å²) in [6.45, 7) is 3.97. The Labute approximate surface area is 164 Å². The molecular formula is C21H24N4OS. The molecule has 0 aliphatic carbocycles. The van der Waals surface area contributed by atoms with Crippen molar-refractivity contribution in [3.8, 4) is 5.75 Å². The Morgan fingerprint density at radius 1 is 1.04 bits per heavy atom. The average molecular weight is 381 g/mol. The van der Waals surface area contributed by atoms with Crippen LogP contribution in [0.3, 0.4) is 0 Å². The zero-order valence-electron chi connectivity index (χ0n) is 15.6. The van der Waals surface area contributed by atoms with Crippen LogP contribution in [0.5, 0.6) is 5.75 Å². The predicted molar refractivity (Wildman–Crippen MR) is 111 cm³/mol. The summed E-state index contributed by atoms with van der Waals surface area (Å²) in [7, 11) is 1.77. The number of ether oxygens (including phenoxy) is 1. The Hall–Kier alpha value is -2.86. The lowest BCUT2D eigenvalue weighted by molar-refractivity contribution is 0.306. The third-order valence-corrected chi connectivity index (χ3v) is 4.81. The molecule has 27 heavy (non-hydrogen) atoms. The number of aryl methyl sites for hydroxylation is 1. The number of guanidine groups is 1. The first-order valence-corrected chi connectivity index (χ1v) is 9.66. The highest BCUT2D eigenvalue weighted by Crippen LogP contribution is 2.13. The van der Waals surface area contributed by atoms with Gasteiger partial charge in [0.15, 0.2) is 5.96 Å². The number of benzene rings is 2. The summed E-state index contributed by atoms with van der Waals surface area (Å²) in [4.78, 5) is 9.84. The van der Waals surface area contributed by atoms with Crippen molar-refractivity contribution in [2.75, 3.05) is 7.05 Å². The highest BCUT2D eigenvalue weighted by atomic mass is 32.1. The summed E-state index contributed by atoms with van der Waals surface area (Å²) in [6.07, 6.45) is 1.89. The zero-order chi connectivity index (χ0) is 18.9. The maximum atomic E-state index is 5.82. The highest BCUT2D eigenvalue weighted by molar-refractivity contribution is 7.11. The smallest absolute Gasteiger partial charge is 0.191 e. The van der Waals surface area contributed by atoms with Crippen LogP contribution in [0.25, 0.3) is 0 Å². The van der Waals surface area contributed by atoms with Gasteiger partial charge in [0.05, 0.1) is 6.54 Å². The van der Waals surface area contributed by atoms with Crippen molar-refractivity contribution in [3.05, 3.63) is 81.8 Å². The van der Waals surface area contributed by atoms with Crippen molar-refractivity contribution in [2.45, 2.75) is 26.6 Å². The summed E-state index contributed by atoms with van der Waals surface area (Å²) < 4.78 is 5.82. The number of thiazole rings is 1. The fourth-order valence-electron chi connectivity index (χ4n) is 2.56. The first kappa shape index (κ1) is 18.9. The zero-order valence-corrected chi connectivity index (χ0v) is 16.4. The summed E-state index contributed by atoms with van der Waals surface area (Å²) >= 11 is 1.69. The van der Waals surface area contributed by atoms with Gasteiger partial charge in [-0.15, -0.1) is 11.3 Å². The van der Waals surface area contributed by atoms with Crippen LogP contribution in [-0.4, -0.2) is 18.0 Å². The number of nitrogens with one attached hydrogen (secondary N) is 2. The Kier molecular flexibility index (Phi) is 6.82. The van der Waals surface area contributed by atoms with Crippen LogP contribution in [0.15, 0.2) is 65.8 Å². The summed E-state index contributed by atoms with van der Waals surface area (Å²) in [5.74, 6) is 1.64. The first-order valence-electron chi connectivity index (χ1n) is 8.84. The monoisotopic (exact) mass is 380 g/mol. The highest BCUT2D eigenvalue weighted by Gasteiger charge is 2.03. The second-order valence-electron chi connectivity index (χ2n) is 6.07. The Morgan fingerprint density at radius 2 is 1.81 bits per heavy atom. The van der Waals surface area contributed by atoms with Gasteiger partial charge in [0.25, 0.3) is 0 Å². The molecule has 0 atom stereocenters. The van der Waals surface area contributed by atoms with Gasteiger partial charge in [0.1, 0.15) is 17.4 Å². The normalized spacial score (nSPS) is 11.3. The van der Waals surface area contributed by atoms with Crippen molar-refractivity contribution in [2.24, 2.45) is 4.99 Å². The molecule has 0 saturated heterocycles. The van der Waals surface area contributed by atoms with Gasteiger partial charge in [-0.05, 0) is 30.2 Å². The molecule has 0 fully saturated rings. The Morgan fingerprint density at radius 3 is 2.56 bits per heavy atom. The second-order valence-corrected chi connectivity index (χ2v) is 7.38. The van der Waals surface area contributed by atoms with Crippen molar-refractivity contribution < 1.29 is 4.74 Å². The molecule has 0 radical (unpaired) electrons. The van der Waals surface area contributed by atoms with Gasteiger partial charge in [-0.3, -0.25) is 4.99 Å². The van der Waals surface area contributed by atoms with Crippen LogP contribution >= 0.6 is 11.3 Å². The Bertz CT molecular complexity index is 877. The minimum atomic E-state index is 0.550. The number of aliphatic imine (C=N–C) groups is 1. The molecule has 1 heterocycles. The standard InChI is InChI=1S/C21H24N4OS/c1-16-12-23-20(27-16)14-25-21(22-2)24-13-17-7-6-8-18(11-17)15-26-19-9-4-3-5-10-19/h3-12H,13-15H2,1-2H3,(H2,22,24,25). The molecule has 0 aliphatic heterocycles. The predicted octanol–water partition coefficient (Wildman–Crippen LogP) is 3.90. The summed E-state index contributed by atoms with van der Waals surface area (Å²) in [5, 5.41) is 7.68. The number of hydrogen-bond acceptors (Lipinski definition) is 4. The molecular weight excluding hydrogens is 356 g/mol. The van der Waals surface area contributed by atoms with Crippen LogP contribution in [0.2, 0.25) is 0 Å². The van der Waals surface area contributed by atoms with Crippen LogP contribution < -0.4 is 15.4 Å². The third kappa shape index (κ3) is 6.11. The topological polar surface area (TPSA) is 58.5 Å². The van der Waals surface area contributed by atoms with Crippen molar-refractivity contribution in [1.29, 1.82) is 0 Å². The first-order chi connectivity index (χ1) is 13.2. The molecule has 3 aromatic rings. The van der Waals surface area contributed by atoms with E-state index in [1.54, 1.807) is 18.4 Å². The van der Waals surface area contributed by atoms with Gasteiger partial charge in [-0.2, -0.15) is 0 Å². The molecule has 6 heteroatoms. The molecule has 2 N–H and O–H groups in total. The van der Waals surface area contributed by atoms with Crippen LogP contribution in [0.4, 0.5) is 0 Å². The van der Waals surface area contributed by atoms with Gasteiger partial charge in [-0.25, -0.2) is 4.98 Å². The molecule has 3 rings (SSSR count). The lowest BCUT2D eigenvalue weighted by Crippen LogP contribution is -2.36. The van der Waals surface area contributed by atoms with E-state index in [9.17, 15) is 0 Å². The van der Waals surface area contributed by atoms with E-state index in [2.05, 4.69) is 51.8 Å². The molecule has 0 aliphatic rings. The summed E-state index contributed by atoms with van der Waals surface area (Å²) in [6, 6.07) is 18.2. The second kappa shape index (κ2) is 9.73. The van der Waals surface area contributed by atoms with Gasteiger partial charge < -0.3 is 15.4 Å². The van der Waals surface area contributed by atoms with E-state index in [1.165, 1.54) is 10.4 Å². The van der Waals surface area contributed by atoms with E-state index in [4.69, 9.17) is 4.74 Å². The molecule has 0 unspecified atom stereocenters. The summed E-state index contributed by atoms with van der Waals surface area (Å²) in [5.41, 5.74) is 2.32. The minimum Gasteiger partial charge on any atom is -0.489 e.